The molecule has 0 atom stereocenters. The molecule has 0 heterocycles. The summed E-state index contributed by atoms with van der Waals surface area (Å²) in [7, 11) is 0. The molecule has 0 bridgehead atoms. The summed E-state index contributed by atoms with van der Waals surface area (Å²) in [6.45, 7) is 1.02. The molecule has 0 aromatic heterocycles. The van der Waals surface area contributed by atoms with E-state index < -0.39 is 0 Å². The van der Waals surface area contributed by atoms with Gasteiger partial charge >= 0.3 is 0 Å². The number of aldehydes is 1. The van der Waals surface area contributed by atoms with Gasteiger partial charge in [0, 0.05) is 17.0 Å². The van der Waals surface area contributed by atoms with Crippen molar-refractivity contribution in [3.8, 4) is 11.5 Å². The summed E-state index contributed by atoms with van der Waals surface area (Å²) >= 11 is 5.79. The summed E-state index contributed by atoms with van der Waals surface area (Å²) in [5.41, 5.74) is 6.78. The quantitative estimate of drug-likeness (QED) is 0.482. The summed E-state index contributed by atoms with van der Waals surface area (Å²) in [6.07, 6.45) is 1.47. The van der Waals surface area contributed by atoms with Crippen molar-refractivity contribution in [1.82, 2.24) is 0 Å². The van der Waals surface area contributed by atoms with Gasteiger partial charge in [-0.15, -0.1) is 0 Å². The fourth-order valence-corrected chi connectivity index (χ4v) is 1.86. The van der Waals surface area contributed by atoms with Gasteiger partial charge in [-0.2, -0.15) is 0 Å². The Morgan fingerprint density at radius 2 is 1.76 bits per heavy atom. The fourth-order valence-electron chi connectivity index (χ4n) is 1.73. The minimum absolute atomic E-state index is 0.457. The monoisotopic (exact) mass is 305 g/mol. The van der Waals surface area contributed by atoms with Gasteiger partial charge in [0.05, 0.1) is 18.9 Å². The zero-order valence-corrected chi connectivity index (χ0v) is 12.2. The molecule has 0 radical (unpaired) electrons. The molecule has 4 nitrogen and oxygen atoms in total. The Labute approximate surface area is 128 Å². The molecule has 0 unspecified atom stereocenters. The van der Waals surface area contributed by atoms with Gasteiger partial charge in [0.1, 0.15) is 17.8 Å². The molecule has 2 N–H and O–H groups in total. The molecule has 0 aliphatic rings. The van der Waals surface area contributed by atoms with Crippen LogP contribution in [0.5, 0.6) is 11.5 Å². The minimum Gasteiger partial charge on any atom is -0.493 e. The Morgan fingerprint density at radius 3 is 2.43 bits per heavy atom. The average molecular weight is 306 g/mol. The van der Waals surface area contributed by atoms with Crippen LogP contribution in [-0.2, 0) is 0 Å². The maximum atomic E-state index is 10.6. The summed E-state index contributed by atoms with van der Waals surface area (Å²) < 4.78 is 11.1. The van der Waals surface area contributed by atoms with Crippen LogP contribution in [0.15, 0.2) is 42.5 Å². The standard InChI is InChI=1S/C16H16ClNO3/c17-13-3-5-14(6-4-13)20-8-1-9-21-16-7-2-12(11-19)10-15(16)18/h2-7,10-11H,1,8-9,18H2. The molecule has 0 amide bonds. The van der Waals surface area contributed by atoms with Crippen molar-refractivity contribution in [2.75, 3.05) is 18.9 Å². The van der Waals surface area contributed by atoms with E-state index in [1.807, 2.05) is 12.1 Å². The highest BCUT2D eigenvalue weighted by molar-refractivity contribution is 6.30. The molecular formula is C16H16ClNO3. The topological polar surface area (TPSA) is 61.6 Å². The molecule has 0 spiro atoms. The molecule has 0 aliphatic carbocycles. The zero-order valence-electron chi connectivity index (χ0n) is 11.4. The van der Waals surface area contributed by atoms with Gasteiger partial charge in [-0.3, -0.25) is 4.79 Å². The van der Waals surface area contributed by atoms with E-state index in [-0.39, 0.29) is 0 Å². The van der Waals surface area contributed by atoms with E-state index in [4.69, 9.17) is 26.8 Å². The Bertz CT molecular complexity index is 599. The lowest BCUT2D eigenvalue weighted by Gasteiger charge is -2.10. The van der Waals surface area contributed by atoms with Gasteiger partial charge in [0.2, 0.25) is 0 Å². The van der Waals surface area contributed by atoms with Crippen LogP contribution in [0.1, 0.15) is 16.8 Å². The first-order valence-corrected chi connectivity index (χ1v) is 6.92. The molecule has 0 aliphatic heterocycles. The van der Waals surface area contributed by atoms with E-state index in [0.29, 0.717) is 35.2 Å². The molecule has 2 aromatic carbocycles. The Kier molecular flexibility index (Phi) is 5.46. The van der Waals surface area contributed by atoms with Crippen molar-refractivity contribution in [1.29, 1.82) is 0 Å². The lowest BCUT2D eigenvalue weighted by atomic mass is 10.2. The maximum Gasteiger partial charge on any atom is 0.150 e. The molecule has 21 heavy (non-hydrogen) atoms. The third-order valence-corrected chi connectivity index (χ3v) is 3.05. The van der Waals surface area contributed by atoms with Gasteiger partial charge < -0.3 is 15.2 Å². The third kappa shape index (κ3) is 4.68. The number of anilines is 1. The fraction of sp³-hybridized carbons (Fsp3) is 0.188. The SMILES string of the molecule is Nc1cc(C=O)ccc1OCCCOc1ccc(Cl)cc1. The average Bonchev–Trinajstić information content (AvgIpc) is 2.50. The number of benzene rings is 2. The lowest BCUT2D eigenvalue weighted by molar-refractivity contribution is 0.112. The highest BCUT2D eigenvalue weighted by atomic mass is 35.5. The second-order valence-corrected chi connectivity index (χ2v) is 4.86. The van der Waals surface area contributed by atoms with Gasteiger partial charge in [-0.05, 0) is 42.5 Å². The number of nitrogens with two attached hydrogens (primary N) is 1. The van der Waals surface area contributed by atoms with Crippen molar-refractivity contribution in [3.05, 3.63) is 53.1 Å². The molecule has 110 valence electrons. The van der Waals surface area contributed by atoms with E-state index in [1.54, 1.807) is 30.3 Å². The van der Waals surface area contributed by atoms with Gasteiger partial charge in [-0.25, -0.2) is 0 Å². The van der Waals surface area contributed by atoms with Crippen LogP contribution < -0.4 is 15.2 Å². The number of hydrogen-bond acceptors (Lipinski definition) is 4. The van der Waals surface area contributed by atoms with Crippen LogP contribution in [0.4, 0.5) is 5.69 Å². The van der Waals surface area contributed by atoms with E-state index in [0.717, 1.165) is 18.5 Å². The summed E-state index contributed by atoms with van der Waals surface area (Å²) in [4.78, 5) is 10.6. The van der Waals surface area contributed by atoms with Crippen LogP contribution in [0.3, 0.4) is 0 Å². The summed E-state index contributed by atoms with van der Waals surface area (Å²) in [5, 5.41) is 0.680. The number of halogens is 1. The molecule has 2 aromatic rings. The Balaban J connectivity index is 1.72. The third-order valence-electron chi connectivity index (χ3n) is 2.80. The number of rotatable bonds is 7. The first kappa shape index (κ1) is 15.2. The predicted octanol–water partition coefficient (Wildman–Crippen LogP) is 3.58. The van der Waals surface area contributed by atoms with Gasteiger partial charge in [-0.1, -0.05) is 11.6 Å². The lowest BCUT2D eigenvalue weighted by Crippen LogP contribution is -2.06. The molecule has 2 rings (SSSR count). The smallest absolute Gasteiger partial charge is 0.150 e. The van der Waals surface area contributed by atoms with E-state index >= 15 is 0 Å². The molecule has 0 fully saturated rings. The van der Waals surface area contributed by atoms with Crippen LogP contribution in [0.25, 0.3) is 0 Å². The molecule has 0 saturated heterocycles. The second-order valence-electron chi connectivity index (χ2n) is 4.42. The summed E-state index contributed by atoms with van der Waals surface area (Å²) in [5.74, 6) is 1.35. The highest BCUT2D eigenvalue weighted by Gasteiger charge is 2.02. The number of carbonyl (C=O) groups is 1. The highest BCUT2D eigenvalue weighted by Crippen LogP contribution is 2.22. The Hall–Kier alpha value is -2.20. The molecular weight excluding hydrogens is 290 g/mol. The normalized spacial score (nSPS) is 10.1. The number of ether oxygens (including phenoxy) is 2. The van der Waals surface area contributed by atoms with Crippen LogP contribution in [-0.4, -0.2) is 19.5 Å². The van der Waals surface area contributed by atoms with Crippen LogP contribution in [0.2, 0.25) is 5.02 Å². The largest absolute Gasteiger partial charge is 0.493 e. The van der Waals surface area contributed by atoms with Crippen molar-refractivity contribution < 1.29 is 14.3 Å². The number of carbonyl (C=O) groups excluding carboxylic acids is 1. The molecule has 5 heteroatoms. The molecule has 0 saturated carbocycles. The van der Waals surface area contributed by atoms with E-state index in [2.05, 4.69) is 0 Å². The van der Waals surface area contributed by atoms with E-state index in [1.165, 1.54) is 0 Å². The van der Waals surface area contributed by atoms with Crippen molar-refractivity contribution in [2.24, 2.45) is 0 Å². The van der Waals surface area contributed by atoms with Crippen molar-refractivity contribution in [3.63, 3.8) is 0 Å². The second kappa shape index (κ2) is 7.55. The van der Waals surface area contributed by atoms with Crippen LogP contribution in [0, 0.1) is 0 Å². The first-order chi connectivity index (χ1) is 10.2. The van der Waals surface area contributed by atoms with Gasteiger partial charge in [0.15, 0.2) is 0 Å². The predicted molar refractivity (Wildman–Crippen MR) is 83.3 cm³/mol. The maximum absolute atomic E-state index is 10.6. The number of hydrogen-bond donors (Lipinski definition) is 1. The Morgan fingerprint density at radius 1 is 1.05 bits per heavy atom. The van der Waals surface area contributed by atoms with Gasteiger partial charge in [0.25, 0.3) is 0 Å². The van der Waals surface area contributed by atoms with Crippen molar-refractivity contribution in [2.45, 2.75) is 6.42 Å². The van der Waals surface area contributed by atoms with Crippen LogP contribution >= 0.6 is 11.6 Å². The van der Waals surface area contributed by atoms with E-state index in [9.17, 15) is 4.79 Å². The minimum atomic E-state index is 0.457. The summed E-state index contributed by atoms with van der Waals surface area (Å²) in [6, 6.07) is 12.2. The van der Waals surface area contributed by atoms with Crippen molar-refractivity contribution >= 4 is 23.6 Å². The zero-order chi connectivity index (χ0) is 15.1. The number of nitrogen functional groups attached to an aromatic ring is 1. The first-order valence-electron chi connectivity index (χ1n) is 6.55.